The van der Waals surface area contributed by atoms with Crippen LogP contribution in [-0.2, 0) is 0 Å². The van der Waals surface area contributed by atoms with Crippen LogP contribution in [0.5, 0.6) is 0 Å². The topological polar surface area (TPSA) is 6.48 Å². The molecule has 0 aromatic heterocycles. The first-order chi connectivity index (χ1) is 7.38. The van der Waals surface area contributed by atoms with Crippen LogP contribution in [0.4, 0.5) is 0 Å². The molecule has 0 radical (unpaired) electrons. The average Bonchev–Trinajstić information content (AvgIpc) is 2.31. The Morgan fingerprint density at radius 2 is 1.67 bits per heavy atom. The number of piperidine rings is 2. The van der Waals surface area contributed by atoms with E-state index in [4.69, 9.17) is 0 Å². The van der Waals surface area contributed by atoms with Gasteiger partial charge in [-0.05, 0) is 51.2 Å². The number of nitrogens with zero attached hydrogens (tertiary/aromatic N) is 2. The van der Waals surface area contributed by atoms with Crippen LogP contribution in [0.3, 0.4) is 0 Å². The highest BCUT2D eigenvalue weighted by atomic mass is 15.3. The first kappa shape index (κ1) is 11.4. The maximum absolute atomic E-state index is 2.68. The van der Waals surface area contributed by atoms with Crippen LogP contribution in [0.2, 0.25) is 0 Å². The number of hydrogen-bond acceptors (Lipinski definition) is 2. The molecule has 2 rings (SSSR count). The Balaban J connectivity index is 1.72. The van der Waals surface area contributed by atoms with Crippen molar-refractivity contribution in [3.63, 3.8) is 0 Å². The van der Waals surface area contributed by atoms with E-state index >= 15 is 0 Å². The molecule has 0 bridgehead atoms. The number of rotatable bonds is 3. The van der Waals surface area contributed by atoms with Crippen LogP contribution in [0.15, 0.2) is 0 Å². The molecule has 0 aromatic rings. The molecule has 2 fully saturated rings. The van der Waals surface area contributed by atoms with Crippen LogP contribution in [0.1, 0.15) is 45.4 Å². The first-order valence-electron chi connectivity index (χ1n) is 6.83. The van der Waals surface area contributed by atoms with Gasteiger partial charge in [-0.3, -0.25) is 9.80 Å². The maximum Gasteiger partial charge on any atom is 0.0506 e. The van der Waals surface area contributed by atoms with Crippen molar-refractivity contribution < 1.29 is 0 Å². The molecule has 15 heavy (non-hydrogen) atoms. The lowest BCUT2D eigenvalue weighted by atomic mass is 9.96. The molecule has 2 saturated heterocycles. The molecule has 2 heteroatoms. The van der Waals surface area contributed by atoms with Crippen LogP contribution in [0.25, 0.3) is 0 Å². The molecule has 2 nitrogen and oxygen atoms in total. The predicted octanol–water partition coefficient (Wildman–Crippen LogP) is 2.55. The van der Waals surface area contributed by atoms with E-state index in [9.17, 15) is 0 Å². The average molecular weight is 210 g/mol. The van der Waals surface area contributed by atoms with Crippen molar-refractivity contribution >= 4 is 0 Å². The highest BCUT2D eigenvalue weighted by Gasteiger charge is 2.20. The summed E-state index contributed by atoms with van der Waals surface area (Å²) < 4.78 is 0. The minimum Gasteiger partial charge on any atom is -0.290 e. The second kappa shape index (κ2) is 5.86. The molecular weight excluding hydrogens is 184 g/mol. The van der Waals surface area contributed by atoms with Gasteiger partial charge in [0.1, 0.15) is 0 Å². The Hall–Kier alpha value is -0.0800. The molecular formula is C13H26N2. The lowest BCUT2D eigenvalue weighted by molar-refractivity contribution is 0.0764. The Morgan fingerprint density at radius 1 is 0.933 bits per heavy atom. The predicted molar refractivity (Wildman–Crippen MR) is 64.9 cm³/mol. The molecule has 0 spiro atoms. The quantitative estimate of drug-likeness (QED) is 0.706. The normalized spacial score (nSPS) is 30.6. The highest BCUT2D eigenvalue weighted by Crippen LogP contribution is 2.20. The number of hydrogen-bond donors (Lipinski definition) is 0. The molecule has 0 N–H and O–H groups in total. The summed E-state index contributed by atoms with van der Waals surface area (Å²) in [7, 11) is 0. The van der Waals surface area contributed by atoms with E-state index in [0.29, 0.717) is 0 Å². The largest absolute Gasteiger partial charge is 0.290 e. The van der Waals surface area contributed by atoms with Gasteiger partial charge in [0.2, 0.25) is 0 Å². The standard InChI is InChI=1S/C13H26N2/c1-2-13-7-6-10-15(11-13)12-14-8-4-3-5-9-14/h13H,2-12H2,1H3. The zero-order valence-electron chi connectivity index (χ0n) is 10.2. The molecule has 2 aliphatic heterocycles. The van der Waals surface area contributed by atoms with E-state index in [2.05, 4.69) is 16.7 Å². The molecule has 2 aliphatic rings. The van der Waals surface area contributed by atoms with Crippen molar-refractivity contribution in [1.29, 1.82) is 0 Å². The van der Waals surface area contributed by atoms with Gasteiger partial charge in [0, 0.05) is 6.54 Å². The van der Waals surface area contributed by atoms with E-state index in [1.54, 1.807) is 0 Å². The van der Waals surface area contributed by atoms with Crippen molar-refractivity contribution in [2.75, 3.05) is 32.8 Å². The van der Waals surface area contributed by atoms with Gasteiger partial charge in [-0.1, -0.05) is 19.8 Å². The van der Waals surface area contributed by atoms with Gasteiger partial charge in [-0.15, -0.1) is 0 Å². The van der Waals surface area contributed by atoms with Crippen LogP contribution in [-0.4, -0.2) is 42.6 Å². The minimum atomic E-state index is 0.976. The van der Waals surface area contributed by atoms with E-state index in [1.165, 1.54) is 71.4 Å². The van der Waals surface area contributed by atoms with Crippen molar-refractivity contribution in [3.8, 4) is 0 Å². The Kier molecular flexibility index (Phi) is 4.45. The Morgan fingerprint density at radius 3 is 2.40 bits per heavy atom. The fraction of sp³-hybridized carbons (Fsp3) is 1.00. The lowest BCUT2D eigenvalue weighted by Crippen LogP contribution is -2.44. The van der Waals surface area contributed by atoms with E-state index < -0.39 is 0 Å². The second-order valence-electron chi connectivity index (χ2n) is 5.31. The van der Waals surface area contributed by atoms with E-state index in [1.807, 2.05) is 0 Å². The van der Waals surface area contributed by atoms with Gasteiger partial charge in [0.15, 0.2) is 0 Å². The molecule has 1 unspecified atom stereocenters. The van der Waals surface area contributed by atoms with Crippen molar-refractivity contribution in [1.82, 2.24) is 9.80 Å². The van der Waals surface area contributed by atoms with Gasteiger partial charge in [-0.25, -0.2) is 0 Å². The summed E-state index contributed by atoms with van der Waals surface area (Å²) in [5, 5.41) is 0. The highest BCUT2D eigenvalue weighted by molar-refractivity contribution is 4.73. The van der Waals surface area contributed by atoms with E-state index in [0.717, 1.165) is 5.92 Å². The number of likely N-dealkylation sites (tertiary alicyclic amines) is 2. The molecule has 0 saturated carbocycles. The molecule has 2 heterocycles. The lowest BCUT2D eigenvalue weighted by Gasteiger charge is -2.37. The van der Waals surface area contributed by atoms with E-state index in [-0.39, 0.29) is 0 Å². The van der Waals surface area contributed by atoms with Crippen molar-refractivity contribution in [2.45, 2.75) is 45.4 Å². The van der Waals surface area contributed by atoms with Gasteiger partial charge < -0.3 is 0 Å². The summed E-state index contributed by atoms with van der Waals surface area (Å²) in [5.74, 6) is 0.976. The van der Waals surface area contributed by atoms with Crippen LogP contribution < -0.4 is 0 Å². The fourth-order valence-electron chi connectivity index (χ4n) is 3.00. The monoisotopic (exact) mass is 210 g/mol. The third-order valence-electron chi connectivity index (χ3n) is 4.03. The van der Waals surface area contributed by atoms with Gasteiger partial charge in [-0.2, -0.15) is 0 Å². The SMILES string of the molecule is CCC1CCCN(CN2CCCCC2)C1. The smallest absolute Gasteiger partial charge is 0.0506 e. The van der Waals surface area contributed by atoms with Gasteiger partial charge >= 0.3 is 0 Å². The molecule has 88 valence electrons. The summed E-state index contributed by atoms with van der Waals surface area (Å²) in [6, 6.07) is 0. The molecule has 0 aromatic carbocycles. The summed E-state index contributed by atoms with van der Waals surface area (Å²) in [6.45, 7) is 8.96. The fourth-order valence-corrected chi connectivity index (χ4v) is 3.00. The first-order valence-corrected chi connectivity index (χ1v) is 6.83. The molecule has 1 atom stereocenters. The van der Waals surface area contributed by atoms with Gasteiger partial charge in [0.05, 0.1) is 6.67 Å². The second-order valence-corrected chi connectivity index (χ2v) is 5.31. The van der Waals surface area contributed by atoms with Crippen LogP contribution in [0, 0.1) is 5.92 Å². The zero-order valence-corrected chi connectivity index (χ0v) is 10.2. The summed E-state index contributed by atoms with van der Waals surface area (Å²) in [4.78, 5) is 5.34. The third kappa shape index (κ3) is 3.46. The third-order valence-corrected chi connectivity index (χ3v) is 4.03. The van der Waals surface area contributed by atoms with Crippen molar-refractivity contribution in [2.24, 2.45) is 5.92 Å². The maximum atomic E-state index is 2.68. The summed E-state index contributed by atoms with van der Waals surface area (Å²) in [6.07, 6.45) is 8.56. The Bertz CT molecular complexity index is 175. The van der Waals surface area contributed by atoms with Crippen LogP contribution >= 0.6 is 0 Å². The molecule has 0 aliphatic carbocycles. The Labute approximate surface area is 94.6 Å². The molecule has 0 amide bonds. The summed E-state index contributed by atoms with van der Waals surface area (Å²) >= 11 is 0. The minimum absolute atomic E-state index is 0.976. The zero-order chi connectivity index (χ0) is 10.5. The van der Waals surface area contributed by atoms with Crippen molar-refractivity contribution in [3.05, 3.63) is 0 Å². The summed E-state index contributed by atoms with van der Waals surface area (Å²) in [5.41, 5.74) is 0. The van der Waals surface area contributed by atoms with Gasteiger partial charge in [0.25, 0.3) is 0 Å².